The van der Waals surface area contributed by atoms with Crippen molar-refractivity contribution >= 4 is 22.8 Å². The van der Waals surface area contributed by atoms with Crippen molar-refractivity contribution in [3.05, 3.63) is 41.6 Å². The number of hydrogen-bond acceptors (Lipinski definition) is 6. The lowest BCUT2D eigenvalue weighted by atomic mass is 9.82. The number of halogens is 1. The number of aromatic amines is 1. The molecule has 9 nitrogen and oxygen atoms in total. The van der Waals surface area contributed by atoms with Crippen molar-refractivity contribution in [1.82, 2.24) is 25.6 Å². The van der Waals surface area contributed by atoms with Gasteiger partial charge in [0.2, 0.25) is 5.91 Å². The number of amides is 2. The maximum Gasteiger partial charge on any atom is 0.255 e. The number of aryl methyl sites for hydroxylation is 1. The number of carbonyl (C=O) groups excluding carboxylic acids is 2. The Hall–Kier alpha value is -3.53. The Balaban J connectivity index is 1.36. The second-order valence-corrected chi connectivity index (χ2v) is 10.5. The minimum Gasteiger partial charge on any atom is -0.493 e. The Morgan fingerprint density at radius 2 is 1.97 bits per heavy atom. The van der Waals surface area contributed by atoms with Crippen LogP contribution in [0.1, 0.15) is 55.1 Å². The van der Waals surface area contributed by atoms with Crippen molar-refractivity contribution in [2.45, 2.75) is 58.0 Å². The molecule has 38 heavy (non-hydrogen) atoms. The first kappa shape index (κ1) is 26.1. The highest BCUT2D eigenvalue weighted by Gasteiger charge is 2.31. The fourth-order valence-corrected chi connectivity index (χ4v) is 5.29. The summed E-state index contributed by atoms with van der Waals surface area (Å²) >= 11 is 0. The Bertz CT molecular complexity index is 1340. The molecule has 3 aromatic rings. The van der Waals surface area contributed by atoms with Crippen LogP contribution in [-0.4, -0.2) is 59.2 Å². The van der Waals surface area contributed by atoms with Crippen LogP contribution in [0.3, 0.4) is 0 Å². The largest absolute Gasteiger partial charge is 0.493 e. The van der Waals surface area contributed by atoms with Crippen molar-refractivity contribution in [3.8, 4) is 17.0 Å². The first-order chi connectivity index (χ1) is 18.3. The zero-order chi connectivity index (χ0) is 26.8. The third-order valence-corrected chi connectivity index (χ3v) is 7.49. The third-order valence-electron chi connectivity index (χ3n) is 7.49. The second-order valence-electron chi connectivity index (χ2n) is 10.5. The lowest BCUT2D eigenvalue weighted by Gasteiger charge is -2.35. The van der Waals surface area contributed by atoms with Gasteiger partial charge < -0.3 is 25.1 Å². The van der Waals surface area contributed by atoms with Crippen LogP contribution in [0.2, 0.25) is 0 Å². The lowest BCUT2D eigenvalue weighted by molar-refractivity contribution is -0.125. The number of hydrogen-bond donors (Lipinski definition) is 3. The van der Waals surface area contributed by atoms with Crippen LogP contribution in [0.25, 0.3) is 22.3 Å². The molecule has 3 unspecified atom stereocenters. The van der Waals surface area contributed by atoms with Crippen LogP contribution in [0, 0.1) is 24.6 Å². The number of nitrogens with one attached hydrogen (secondary N) is 3. The van der Waals surface area contributed by atoms with Gasteiger partial charge in [-0.25, -0.2) is 14.4 Å². The number of rotatable bonds is 9. The minimum absolute atomic E-state index is 0.0330. The van der Waals surface area contributed by atoms with E-state index in [-0.39, 0.29) is 36.4 Å². The van der Waals surface area contributed by atoms with Gasteiger partial charge in [0.25, 0.3) is 5.91 Å². The van der Waals surface area contributed by atoms with Crippen molar-refractivity contribution < 1.29 is 23.5 Å². The van der Waals surface area contributed by atoms with E-state index in [4.69, 9.17) is 9.47 Å². The molecule has 2 fully saturated rings. The number of ether oxygens (including phenoxy) is 2. The molecule has 1 aromatic carbocycles. The second kappa shape index (κ2) is 11.1. The Labute approximate surface area is 220 Å². The van der Waals surface area contributed by atoms with Gasteiger partial charge in [-0.2, -0.15) is 0 Å². The SMILES string of the molecule is COCC(=O)NC1CCC(NC(=O)c2c(C)[nH]c3c(-c4cc(F)ccc4OCC4CC4)ncnc23)C(C)C1. The summed E-state index contributed by atoms with van der Waals surface area (Å²) in [6.07, 6.45) is 5.97. The minimum atomic E-state index is -0.394. The van der Waals surface area contributed by atoms with E-state index in [0.29, 0.717) is 51.8 Å². The van der Waals surface area contributed by atoms with E-state index in [9.17, 15) is 14.0 Å². The van der Waals surface area contributed by atoms with E-state index in [0.717, 1.165) is 32.1 Å². The molecular formula is C28H34FN5O4. The summed E-state index contributed by atoms with van der Waals surface area (Å²) in [5, 5.41) is 6.18. The molecule has 0 bridgehead atoms. The van der Waals surface area contributed by atoms with Crippen LogP contribution in [0.4, 0.5) is 4.39 Å². The van der Waals surface area contributed by atoms with E-state index in [2.05, 4.69) is 32.5 Å². The summed E-state index contributed by atoms with van der Waals surface area (Å²) in [6.45, 7) is 4.52. The van der Waals surface area contributed by atoms with Crippen LogP contribution in [0.5, 0.6) is 5.75 Å². The van der Waals surface area contributed by atoms with Crippen LogP contribution >= 0.6 is 0 Å². The average Bonchev–Trinajstić information content (AvgIpc) is 3.64. The number of fused-ring (bicyclic) bond motifs is 1. The van der Waals surface area contributed by atoms with E-state index in [1.54, 1.807) is 6.07 Å². The molecule has 2 aromatic heterocycles. The molecule has 2 heterocycles. The molecule has 5 rings (SSSR count). The molecule has 2 amide bonds. The molecule has 10 heteroatoms. The highest BCUT2D eigenvalue weighted by atomic mass is 19.1. The van der Waals surface area contributed by atoms with Crippen LogP contribution in [0.15, 0.2) is 24.5 Å². The van der Waals surface area contributed by atoms with Crippen LogP contribution < -0.4 is 15.4 Å². The Morgan fingerprint density at radius 3 is 2.71 bits per heavy atom. The quantitative estimate of drug-likeness (QED) is 0.391. The summed E-state index contributed by atoms with van der Waals surface area (Å²) in [6, 6.07) is 4.44. The number of carbonyl (C=O) groups is 2. The summed E-state index contributed by atoms with van der Waals surface area (Å²) in [7, 11) is 1.50. The van der Waals surface area contributed by atoms with Gasteiger partial charge in [-0.3, -0.25) is 9.59 Å². The molecule has 2 aliphatic rings. The molecule has 0 radical (unpaired) electrons. The summed E-state index contributed by atoms with van der Waals surface area (Å²) < 4.78 is 25.2. The van der Waals surface area contributed by atoms with Crippen molar-refractivity contribution in [3.63, 3.8) is 0 Å². The standard InChI is InChI=1S/C28H34FN5O4/c1-15-10-19(33-23(35)13-37-3)7-8-21(15)34-28(36)24-16(2)32-27-25(30-14-31-26(24)27)20-11-18(29)6-9-22(20)38-12-17-4-5-17/h6,9,11,14-15,17,19,21,32H,4-5,7-8,10,12-13H2,1-3H3,(H,33,35)(H,34,36). The Morgan fingerprint density at radius 1 is 1.16 bits per heavy atom. The van der Waals surface area contributed by atoms with Gasteiger partial charge >= 0.3 is 0 Å². The number of aromatic nitrogens is 3. The number of benzene rings is 1. The van der Waals surface area contributed by atoms with E-state index >= 15 is 0 Å². The van der Waals surface area contributed by atoms with Crippen molar-refractivity contribution in [2.75, 3.05) is 20.3 Å². The fraction of sp³-hybridized carbons (Fsp3) is 0.500. The molecule has 0 saturated heterocycles. The highest BCUT2D eigenvalue weighted by molar-refractivity contribution is 6.09. The van der Waals surface area contributed by atoms with E-state index < -0.39 is 5.82 Å². The van der Waals surface area contributed by atoms with E-state index in [1.807, 2.05) is 6.92 Å². The van der Waals surface area contributed by atoms with Gasteiger partial charge in [-0.15, -0.1) is 0 Å². The summed E-state index contributed by atoms with van der Waals surface area (Å²) in [4.78, 5) is 37.5. The zero-order valence-corrected chi connectivity index (χ0v) is 22.0. The smallest absolute Gasteiger partial charge is 0.255 e. The lowest BCUT2D eigenvalue weighted by Crippen LogP contribution is -2.48. The first-order valence-corrected chi connectivity index (χ1v) is 13.2. The van der Waals surface area contributed by atoms with Gasteiger partial charge in [0, 0.05) is 30.5 Å². The Kier molecular flexibility index (Phi) is 7.60. The number of nitrogens with zero attached hydrogens (tertiary/aromatic N) is 2. The maximum absolute atomic E-state index is 14.3. The van der Waals surface area contributed by atoms with Gasteiger partial charge in [0.15, 0.2) is 0 Å². The van der Waals surface area contributed by atoms with Gasteiger partial charge in [-0.05, 0) is 69.1 Å². The topological polar surface area (TPSA) is 118 Å². The van der Waals surface area contributed by atoms with Gasteiger partial charge in [-0.1, -0.05) is 6.92 Å². The predicted molar refractivity (Wildman–Crippen MR) is 140 cm³/mol. The van der Waals surface area contributed by atoms with Gasteiger partial charge in [0.05, 0.1) is 17.7 Å². The van der Waals surface area contributed by atoms with E-state index in [1.165, 1.54) is 25.6 Å². The number of H-pyrrole nitrogens is 1. The molecule has 0 spiro atoms. The van der Waals surface area contributed by atoms with Crippen molar-refractivity contribution in [2.24, 2.45) is 11.8 Å². The molecular weight excluding hydrogens is 489 g/mol. The summed E-state index contributed by atoms with van der Waals surface area (Å²) in [5.74, 6) is 0.530. The molecule has 0 aliphatic heterocycles. The van der Waals surface area contributed by atoms with Crippen molar-refractivity contribution in [1.29, 1.82) is 0 Å². The molecule has 3 N–H and O–H groups in total. The average molecular weight is 524 g/mol. The predicted octanol–water partition coefficient (Wildman–Crippen LogP) is 3.91. The molecule has 202 valence electrons. The van der Waals surface area contributed by atoms with Gasteiger partial charge in [0.1, 0.15) is 35.7 Å². The monoisotopic (exact) mass is 523 g/mol. The molecule has 2 aliphatic carbocycles. The summed E-state index contributed by atoms with van der Waals surface area (Å²) in [5.41, 5.74) is 3.16. The normalized spacial score (nSPS) is 21.3. The number of methoxy groups -OCH3 is 1. The first-order valence-electron chi connectivity index (χ1n) is 13.2. The zero-order valence-electron chi connectivity index (χ0n) is 22.0. The third kappa shape index (κ3) is 5.65. The highest BCUT2D eigenvalue weighted by Crippen LogP contribution is 2.37. The maximum atomic E-state index is 14.3. The van der Waals surface area contributed by atoms with Crippen LogP contribution in [-0.2, 0) is 9.53 Å². The molecule has 3 atom stereocenters. The fourth-order valence-electron chi connectivity index (χ4n) is 5.29. The molecule has 2 saturated carbocycles.